The molecular weight excluding hydrogens is 176 g/mol. The second-order valence-electron chi connectivity index (χ2n) is 4.31. The molecule has 2 N–H and O–H groups in total. The molecule has 0 radical (unpaired) electrons. The maximum absolute atomic E-state index is 5.57. The fourth-order valence-electron chi connectivity index (χ4n) is 2.56. The first kappa shape index (κ1) is 9.56. The summed E-state index contributed by atoms with van der Waals surface area (Å²) in [5.41, 5.74) is 6.89. The highest BCUT2D eigenvalue weighted by Crippen LogP contribution is 2.41. The van der Waals surface area contributed by atoms with Crippen LogP contribution >= 0.6 is 0 Å². The van der Waals surface area contributed by atoms with E-state index in [1.165, 1.54) is 32.1 Å². The lowest BCUT2D eigenvalue weighted by atomic mass is 9.70. The van der Waals surface area contributed by atoms with Crippen LogP contribution in [0, 0.1) is 0 Å². The van der Waals surface area contributed by atoms with Gasteiger partial charge in [-0.25, -0.2) is 0 Å². The van der Waals surface area contributed by atoms with Gasteiger partial charge in [-0.2, -0.15) is 0 Å². The Hall–Kier alpha value is -0.990. The van der Waals surface area contributed by atoms with E-state index in [2.05, 4.69) is 12.1 Å². The van der Waals surface area contributed by atoms with E-state index in [1.54, 1.807) is 0 Å². The van der Waals surface area contributed by atoms with Gasteiger partial charge >= 0.3 is 0 Å². The van der Waals surface area contributed by atoms with E-state index in [1.807, 2.05) is 6.07 Å². The highest BCUT2D eigenvalue weighted by atomic mass is 16.5. The Labute approximate surface area is 84.7 Å². The average molecular weight is 194 g/mol. The summed E-state index contributed by atoms with van der Waals surface area (Å²) in [4.78, 5) is 0. The lowest BCUT2D eigenvalue weighted by molar-refractivity contribution is 0.263. The van der Waals surface area contributed by atoms with Crippen molar-refractivity contribution in [3.63, 3.8) is 0 Å². The fourth-order valence-corrected chi connectivity index (χ4v) is 2.56. The zero-order chi connectivity index (χ0) is 10.0. The Morgan fingerprint density at radius 3 is 2.64 bits per heavy atom. The van der Waals surface area contributed by atoms with Crippen LogP contribution in [-0.4, -0.2) is 5.16 Å². The number of aromatic nitrogens is 1. The molecule has 1 saturated carbocycles. The van der Waals surface area contributed by atoms with E-state index < -0.39 is 0 Å². The van der Waals surface area contributed by atoms with Crippen LogP contribution in [0.25, 0.3) is 0 Å². The highest BCUT2D eigenvalue weighted by Gasteiger charge is 2.34. The molecule has 78 valence electrons. The first-order chi connectivity index (χ1) is 6.77. The quantitative estimate of drug-likeness (QED) is 0.787. The second kappa shape index (κ2) is 3.64. The molecule has 0 unspecified atom stereocenters. The lowest BCUT2D eigenvalue weighted by Crippen LogP contribution is -2.28. The predicted molar refractivity (Wildman–Crippen MR) is 56.0 cm³/mol. The lowest BCUT2D eigenvalue weighted by Gasteiger charge is -2.34. The molecule has 14 heavy (non-hydrogen) atoms. The van der Waals surface area contributed by atoms with Crippen molar-refractivity contribution in [1.29, 1.82) is 0 Å². The molecular formula is C11H18N2O. The molecule has 1 aliphatic rings. The van der Waals surface area contributed by atoms with Crippen molar-refractivity contribution in [3.8, 4) is 0 Å². The summed E-state index contributed by atoms with van der Waals surface area (Å²) < 4.78 is 4.97. The van der Waals surface area contributed by atoms with Gasteiger partial charge in [0.25, 0.3) is 0 Å². The minimum absolute atomic E-state index is 0.249. The third-order valence-electron chi connectivity index (χ3n) is 3.56. The van der Waals surface area contributed by atoms with Crippen molar-refractivity contribution in [1.82, 2.24) is 5.16 Å². The molecule has 1 fully saturated rings. The van der Waals surface area contributed by atoms with Gasteiger partial charge in [0.15, 0.2) is 0 Å². The molecule has 0 bridgehead atoms. The van der Waals surface area contributed by atoms with Crippen molar-refractivity contribution < 1.29 is 4.52 Å². The number of anilines is 1. The van der Waals surface area contributed by atoms with Crippen LogP contribution in [0.15, 0.2) is 10.6 Å². The maximum atomic E-state index is 5.57. The largest absolute Gasteiger partial charge is 0.368 e. The Bertz CT molecular complexity index is 300. The van der Waals surface area contributed by atoms with Gasteiger partial charge in [-0.3, -0.25) is 0 Å². The molecule has 0 atom stereocenters. The summed E-state index contributed by atoms with van der Waals surface area (Å²) in [7, 11) is 0. The summed E-state index contributed by atoms with van der Waals surface area (Å²) >= 11 is 0. The van der Waals surface area contributed by atoms with Crippen LogP contribution in [0.2, 0.25) is 0 Å². The van der Waals surface area contributed by atoms with Crippen LogP contribution in [0.1, 0.15) is 51.1 Å². The van der Waals surface area contributed by atoms with Crippen molar-refractivity contribution in [2.24, 2.45) is 0 Å². The minimum Gasteiger partial charge on any atom is -0.368 e. The Morgan fingerprint density at radius 1 is 1.43 bits per heavy atom. The molecule has 1 aliphatic carbocycles. The number of hydrogen-bond donors (Lipinski definition) is 1. The molecule has 0 aromatic carbocycles. The number of nitrogens with two attached hydrogens (primary N) is 1. The van der Waals surface area contributed by atoms with Gasteiger partial charge in [-0.15, -0.1) is 0 Å². The zero-order valence-electron chi connectivity index (χ0n) is 8.75. The summed E-state index contributed by atoms with van der Waals surface area (Å²) in [6, 6.07) is 1.90. The van der Waals surface area contributed by atoms with E-state index >= 15 is 0 Å². The molecule has 0 saturated heterocycles. The van der Waals surface area contributed by atoms with Gasteiger partial charge in [0.2, 0.25) is 5.88 Å². The van der Waals surface area contributed by atoms with Crippen molar-refractivity contribution in [2.75, 3.05) is 5.73 Å². The molecule has 0 amide bonds. The van der Waals surface area contributed by atoms with Crippen LogP contribution in [0.3, 0.4) is 0 Å². The highest BCUT2D eigenvalue weighted by molar-refractivity contribution is 5.29. The SMILES string of the molecule is CCC1(c2cc(N)on2)CCCCC1. The first-order valence-corrected chi connectivity index (χ1v) is 5.49. The van der Waals surface area contributed by atoms with Gasteiger partial charge in [-0.05, 0) is 19.3 Å². The summed E-state index contributed by atoms with van der Waals surface area (Å²) in [5, 5.41) is 4.08. The second-order valence-corrected chi connectivity index (χ2v) is 4.31. The van der Waals surface area contributed by atoms with Gasteiger partial charge in [0, 0.05) is 11.5 Å². The fraction of sp³-hybridized carbons (Fsp3) is 0.727. The Balaban J connectivity index is 2.26. The number of hydrogen-bond acceptors (Lipinski definition) is 3. The van der Waals surface area contributed by atoms with Crippen LogP contribution in [0.5, 0.6) is 0 Å². The predicted octanol–water partition coefficient (Wildman–Crippen LogP) is 2.87. The summed E-state index contributed by atoms with van der Waals surface area (Å²) in [6.07, 6.45) is 7.57. The van der Waals surface area contributed by atoms with Crippen molar-refractivity contribution in [2.45, 2.75) is 50.9 Å². The molecule has 1 heterocycles. The first-order valence-electron chi connectivity index (χ1n) is 5.49. The van der Waals surface area contributed by atoms with Gasteiger partial charge in [-0.1, -0.05) is 31.3 Å². The monoisotopic (exact) mass is 194 g/mol. The Kier molecular flexibility index (Phi) is 2.48. The Morgan fingerprint density at radius 2 is 2.14 bits per heavy atom. The van der Waals surface area contributed by atoms with E-state index in [0.717, 1.165) is 12.1 Å². The third-order valence-corrected chi connectivity index (χ3v) is 3.56. The molecule has 0 spiro atoms. The molecule has 2 rings (SSSR count). The van der Waals surface area contributed by atoms with E-state index in [9.17, 15) is 0 Å². The van der Waals surface area contributed by atoms with Crippen molar-refractivity contribution in [3.05, 3.63) is 11.8 Å². The smallest absolute Gasteiger partial charge is 0.222 e. The molecule has 1 aromatic heterocycles. The molecule has 3 nitrogen and oxygen atoms in total. The topological polar surface area (TPSA) is 52.0 Å². The van der Waals surface area contributed by atoms with Crippen molar-refractivity contribution >= 4 is 5.88 Å². The molecule has 1 aromatic rings. The minimum atomic E-state index is 0.249. The van der Waals surface area contributed by atoms with E-state index in [4.69, 9.17) is 10.3 Å². The third kappa shape index (κ3) is 1.51. The van der Waals surface area contributed by atoms with Gasteiger partial charge in [0.1, 0.15) is 0 Å². The number of nitrogens with zero attached hydrogens (tertiary/aromatic N) is 1. The molecule has 3 heteroatoms. The standard InChI is InChI=1S/C11H18N2O/c1-2-11(6-4-3-5-7-11)9-8-10(12)14-13-9/h8H,2-7,12H2,1H3. The van der Waals surface area contributed by atoms with Gasteiger partial charge < -0.3 is 10.3 Å². The maximum Gasteiger partial charge on any atom is 0.222 e. The average Bonchev–Trinajstić information content (AvgIpc) is 2.66. The van der Waals surface area contributed by atoms with Crippen LogP contribution in [-0.2, 0) is 5.41 Å². The zero-order valence-corrected chi connectivity index (χ0v) is 8.75. The number of rotatable bonds is 2. The van der Waals surface area contributed by atoms with Crippen LogP contribution < -0.4 is 5.73 Å². The molecule has 0 aliphatic heterocycles. The summed E-state index contributed by atoms with van der Waals surface area (Å²) in [6.45, 7) is 2.23. The van der Waals surface area contributed by atoms with E-state index in [-0.39, 0.29) is 5.41 Å². The van der Waals surface area contributed by atoms with E-state index in [0.29, 0.717) is 5.88 Å². The van der Waals surface area contributed by atoms with Crippen LogP contribution in [0.4, 0.5) is 5.88 Å². The van der Waals surface area contributed by atoms with Gasteiger partial charge in [0.05, 0.1) is 5.69 Å². The normalized spacial score (nSPS) is 20.9. The summed E-state index contributed by atoms with van der Waals surface area (Å²) in [5.74, 6) is 0.443. The number of nitrogen functional groups attached to an aromatic ring is 1.